The minimum atomic E-state index is -0.653. The van der Waals surface area contributed by atoms with Gasteiger partial charge in [0.05, 0.1) is 12.3 Å². The summed E-state index contributed by atoms with van der Waals surface area (Å²) in [6, 6.07) is 0. The van der Waals surface area contributed by atoms with Crippen molar-refractivity contribution in [2.24, 2.45) is 13.0 Å². The molecule has 1 aliphatic rings. The molecule has 2 amide bonds. The highest BCUT2D eigenvalue weighted by Crippen LogP contribution is 2.21. The van der Waals surface area contributed by atoms with Crippen LogP contribution in [0, 0.1) is 5.92 Å². The summed E-state index contributed by atoms with van der Waals surface area (Å²) in [4.78, 5) is 26.9. The molecule has 0 unspecified atom stereocenters. The largest absolute Gasteiger partial charge is 0.391 e. The zero-order valence-corrected chi connectivity index (χ0v) is 13.1. The fourth-order valence-corrected chi connectivity index (χ4v) is 2.44. The lowest BCUT2D eigenvalue weighted by Gasteiger charge is -2.16. The summed E-state index contributed by atoms with van der Waals surface area (Å²) in [5.74, 6) is -0.405. The van der Waals surface area contributed by atoms with Gasteiger partial charge < -0.3 is 14.9 Å². The zero-order valence-electron chi connectivity index (χ0n) is 13.1. The van der Waals surface area contributed by atoms with E-state index in [0.717, 1.165) is 5.56 Å². The monoisotopic (exact) mass is 306 g/mol. The van der Waals surface area contributed by atoms with Gasteiger partial charge in [0.25, 0.3) is 0 Å². The fraction of sp³-hybridized carbons (Fsp3) is 0.533. The van der Waals surface area contributed by atoms with Gasteiger partial charge in [-0.1, -0.05) is 0 Å². The molecule has 1 aromatic heterocycles. The topological polar surface area (TPSA) is 78.7 Å². The van der Waals surface area contributed by atoms with E-state index in [1.54, 1.807) is 42.1 Å². The Bertz CT molecular complexity index is 579. The molecule has 1 aliphatic heterocycles. The number of hydrogen-bond donors (Lipinski definition) is 1. The SMILES string of the molecule is CN(C)C(=O)C[C@H]1CN(C(=O)/C=C/c2cnn(C)c2)C[C@@H]1O. The quantitative estimate of drug-likeness (QED) is 0.777. The molecule has 1 fully saturated rings. The standard InChI is InChI=1S/C15H22N4O3/c1-17(2)15(22)6-12-9-19(10-13(12)20)14(21)5-4-11-7-16-18(3)8-11/h4-5,7-8,12-13,20H,6,9-10H2,1-3H3/b5-4+/t12-,13-/m0/s1. The smallest absolute Gasteiger partial charge is 0.246 e. The summed E-state index contributed by atoms with van der Waals surface area (Å²) < 4.78 is 1.66. The van der Waals surface area contributed by atoms with Gasteiger partial charge in [-0.05, 0) is 6.08 Å². The first kappa shape index (κ1) is 16.2. The molecule has 2 heterocycles. The third-order valence-corrected chi connectivity index (χ3v) is 3.80. The average Bonchev–Trinajstić information content (AvgIpc) is 3.03. The number of rotatable bonds is 4. The lowest BCUT2D eigenvalue weighted by atomic mass is 10.0. The van der Waals surface area contributed by atoms with Gasteiger partial charge in [-0.25, -0.2) is 0 Å². The number of aryl methyl sites for hydroxylation is 1. The maximum atomic E-state index is 12.1. The Morgan fingerprint density at radius 2 is 2.18 bits per heavy atom. The van der Waals surface area contributed by atoms with Gasteiger partial charge >= 0.3 is 0 Å². The summed E-state index contributed by atoms with van der Waals surface area (Å²) in [7, 11) is 5.18. The number of carbonyl (C=O) groups is 2. The van der Waals surface area contributed by atoms with E-state index in [1.807, 2.05) is 7.05 Å². The third-order valence-electron chi connectivity index (χ3n) is 3.80. The van der Waals surface area contributed by atoms with Crippen LogP contribution in [0.25, 0.3) is 6.08 Å². The van der Waals surface area contributed by atoms with Gasteiger partial charge in [-0.2, -0.15) is 5.10 Å². The Kier molecular flexibility index (Phi) is 4.97. The first-order valence-electron chi connectivity index (χ1n) is 7.20. The van der Waals surface area contributed by atoms with Crippen LogP contribution >= 0.6 is 0 Å². The lowest BCUT2D eigenvalue weighted by molar-refractivity contribution is -0.130. The van der Waals surface area contributed by atoms with Gasteiger partial charge in [0.2, 0.25) is 11.8 Å². The van der Waals surface area contributed by atoms with Crippen molar-refractivity contribution in [1.29, 1.82) is 0 Å². The summed E-state index contributed by atoms with van der Waals surface area (Å²) in [5.41, 5.74) is 0.843. The molecular formula is C15H22N4O3. The molecule has 1 saturated heterocycles. The molecule has 2 rings (SSSR count). The third kappa shape index (κ3) is 3.94. The molecule has 1 aromatic rings. The van der Waals surface area contributed by atoms with E-state index >= 15 is 0 Å². The van der Waals surface area contributed by atoms with Gasteiger partial charge in [0.15, 0.2) is 0 Å². The lowest BCUT2D eigenvalue weighted by Crippen LogP contribution is -2.29. The van der Waals surface area contributed by atoms with Gasteiger partial charge in [0, 0.05) is 64.4 Å². The molecule has 2 atom stereocenters. The van der Waals surface area contributed by atoms with E-state index < -0.39 is 6.10 Å². The van der Waals surface area contributed by atoms with Gasteiger partial charge in [-0.3, -0.25) is 14.3 Å². The minimum absolute atomic E-state index is 0.0377. The molecular weight excluding hydrogens is 284 g/mol. The molecule has 120 valence electrons. The highest BCUT2D eigenvalue weighted by Gasteiger charge is 2.34. The van der Waals surface area contributed by atoms with E-state index in [2.05, 4.69) is 5.10 Å². The number of amides is 2. The van der Waals surface area contributed by atoms with Crippen LogP contribution in [0.15, 0.2) is 18.5 Å². The Hall–Kier alpha value is -2.15. The molecule has 0 saturated carbocycles. The van der Waals surface area contributed by atoms with Crippen LogP contribution in [0.1, 0.15) is 12.0 Å². The molecule has 1 N–H and O–H groups in total. The maximum absolute atomic E-state index is 12.1. The van der Waals surface area contributed by atoms with Gasteiger partial charge in [0.1, 0.15) is 0 Å². The van der Waals surface area contributed by atoms with Crippen molar-refractivity contribution in [1.82, 2.24) is 19.6 Å². The Balaban J connectivity index is 1.92. The molecule has 7 nitrogen and oxygen atoms in total. The van der Waals surface area contributed by atoms with Crippen molar-refractivity contribution in [2.45, 2.75) is 12.5 Å². The first-order chi connectivity index (χ1) is 10.4. The van der Waals surface area contributed by atoms with Crippen molar-refractivity contribution in [2.75, 3.05) is 27.2 Å². The van der Waals surface area contributed by atoms with Gasteiger partial charge in [-0.15, -0.1) is 0 Å². The number of β-amino-alcohol motifs (C(OH)–C–C–N with tert-alkyl or cyclic N) is 1. The number of likely N-dealkylation sites (tertiary alicyclic amines) is 1. The maximum Gasteiger partial charge on any atom is 0.246 e. The first-order valence-corrected chi connectivity index (χ1v) is 7.20. The molecule has 0 bridgehead atoms. The Labute approximate surface area is 129 Å². The second-order valence-corrected chi connectivity index (χ2v) is 5.84. The van der Waals surface area contributed by atoms with Crippen LogP contribution in [0.4, 0.5) is 0 Å². The highest BCUT2D eigenvalue weighted by atomic mass is 16.3. The van der Waals surface area contributed by atoms with E-state index in [0.29, 0.717) is 6.54 Å². The van der Waals surface area contributed by atoms with Crippen LogP contribution in [0.5, 0.6) is 0 Å². The zero-order chi connectivity index (χ0) is 16.3. The average molecular weight is 306 g/mol. The number of carbonyl (C=O) groups excluding carboxylic acids is 2. The van der Waals surface area contributed by atoms with Crippen molar-refractivity contribution in [3.05, 3.63) is 24.0 Å². The minimum Gasteiger partial charge on any atom is -0.391 e. The van der Waals surface area contributed by atoms with E-state index in [4.69, 9.17) is 0 Å². The van der Waals surface area contributed by atoms with Crippen molar-refractivity contribution < 1.29 is 14.7 Å². The van der Waals surface area contributed by atoms with Crippen molar-refractivity contribution in [3.8, 4) is 0 Å². The van der Waals surface area contributed by atoms with Crippen LogP contribution in [-0.4, -0.2) is 69.8 Å². The van der Waals surface area contributed by atoms with E-state index in [9.17, 15) is 14.7 Å². The summed E-state index contributed by atoms with van der Waals surface area (Å²) in [6.07, 6.45) is 6.24. The second kappa shape index (κ2) is 6.74. The van der Waals surface area contributed by atoms with Crippen LogP contribution in [0.2, 0.25) is 0 Å². The molecule has 0 aliphatic carbocycles. The molecule has 7 heteroatoms. The van der Waals surface area contributed by atoms with E-state index in [-0.39, 0.29) is 30.7 Å². The molecule has 0 radical (unpaired) electrons. The number of hydrogen-bond acceptors (Lipinski definition) is 4. The highest BCUT2D eigenvalue weighted by molar-refractivity contribution is 5.92. The number of aromatic nitrogens is 2. The van der Waals surface area contributed by atoms with Crippen LogP contribution in [-0.2, 0) is 16.6 Å². The van der Waals surface area contributed by atoms with Crippen LogP contribution < -0.4 is 0 Å². The normalized spacial score (nSPS) is 21.5. The summed E-state index contributed by atoms with van der Waals surface area (Å²) in [5, 5.41) is 14.0. The predicted octanol–water partition coefficient (Wildman–Crippen LogP) is -0.269. The summed E-state index contributed by atoms with van der Waals surface area (Å²) in [6.45, 7) is 0.665. The Morgan fingerprint density at radius 3 is 2.77 bits per heavy atom. The summed E-state index contributed by atoms with van der Waals surface area (Å²) >= 11 is 0. The van der Waals surface area contributed by atoms with Crippen LogP contribution in [0.3, 0.4) is 0 Å². The second-order valence-electron chi connectivity index (χ2n) is 5.84. The Morgan fingerprint density at radius 1 is 1.45 bits per heavy atom. The number of aliphatic hydroxyl groups excluding tert-OH is 1. The van der Waals surface area contributed by atoms with Crippen molar-refractivity contribution >= 4 is 17.9 Å². The number of nitrogens with zero attached hydrogens (tertiary/aromatic N) is 4. The molecule has 22 heavy (non-hydrogen) atoms. The molecule has 0 spiro atoms. The fourth-order valence-electron chi connectivity index (χ4n) is 2.44. The van der Waals surface area contributed by atoms with Crippen molar-refractivity contribution in [3.63, 3.8) is 0 Å². The van der Waals surface area contributed by atoms with E-state index in [1.165, 1.54) is 11.0 Å². The molecule has 0 aromatic carbocycles. The predicted molar refractivity (Wildman–Crippen MR) is 81.6 cm³/mol. The number of aliphatic hydroxyl groups is 1.